The smallest absolute Gasteiger partial charge is 0.410 e. The lowest BCUT2D eigenvalue weighted by molar-refractivity contribution is -0.128. The van der Waals surface area contributed by atoms with Crippen LogP contribution in [0.3, 0.4) is 0 Å². The molecule has 0 heterocycles. The van der Waals surface area contributed by atoms with E-state index in [9.17, 15) is 28.8 Å². The quantitative estimate of drug-likeness (QED) is 0.0374. The second-order valence-corrected chi connectivity index (χ2v) is 18.1. The monoisotopic (exact) mass is 953 g/mol. The predicted octanol–water partition coefficient (Wildman–Crippen LogP) is 8.36. The van der Waals surface area contributed by atoms with Crippen molar-refractivity contribution in [2.24, 2.45) is 11.7 Å². The van der Waals surface area contributed by atoms with Crippen LogP contribution in [0.5, 0.6) is 0 Å². The lowest BCUT2D eigenvalue weighted by Crippen LogP contribution is -2.54. The number of carbonyl (C=O) groups excluding carboxylic acids is 6. The third-order valence-corrected chi connectivity index (χ3v) is 12.2. The average molecular weight is 954 g/mol. The Labute approximate surface area is 409 Å². The van der Waals surface area contributed by atoms with E-state index in [-0.39, 0.29) is 51.1 Å². The lowest BCUT2D eigenvalue weighted by atomic mass is 9.95. The molecule has 0 fully saturated rings. The maximum absolute atomic E-state index is 13.8. The van der Waals surface area contributed by atoms with Gasteiger partial charge < -0.3 is 51.0 Å². The molecule has 0 radical (unpaired) electrons. The molecule has 7 amide bonds. The van der Waals surface area contributed by atoms with Crippen molar-refractivity contribution in [1.29, 1.82) is 0 Å². The highest BCUT2D eigenvalue weighted by atomic mass is 16.6. The van der Waals surface area contributed by atoms with Gasteiger partial charge in [0.2, 0.25) is 11.8 Å². The Kier molecular flexibility index (Phi) is 17.6. The number of hydrogen-bond acceptors (Lipinski definition) is 9. The van der Waals surface area contributed by atoms with Crippen LogP contribution in [0.15, 0.2) is 127 Å². The van der Waals surface area contributed by atoms with E-state index in [0.717, 1.165) is 38.9 Å². The molecule has 16 heteroatoms. The van der Waals surface area contributed by atoms with Gasteiger partial charge in [0.15, 0.2) is 0 Å². The van der Waals surface area contributed by atoms with Crippen molar-refractivity contribution in [2.45, 2.75) is 70.7 Å². The summed E-state index contributed by atoms with van der Waals surface area (Å²) >= 11 is 0. The Bertz CT molecular complexity index is 2560. The molecule has 0 spiro atoms. The Hall–Kier alpha value is -7.88. The Morgan fingerprint density at radius 1 is 0.671 bits per heavy atom. The number of fused-ring (bicyclic) bond motifs is 3. The van der Waals surface area contributed by atoms with Gasteiger partial charge in [0.25, 0.3) is 0 Å². The third-order valence-electron chi connectivity index (χ3n) is 12.2. The number of likely N-dealkylation sites (N-methyl/N-ethyl adjacent to an activating group) is 2. The van der Waals surface area contributed by atoms with Gasteiger partial charge in [-0.25, -0.2) is 19.2 Å². The second kappa shape index (κ2) is 23.9. The molecule has 0 saturated carbocycles. The Morgan fingerprint density at radius 2 is 1.24 bits per heavy atom. The van der Waals surface area contributed by atoms with Gasteiger partial charge in [0, 0.05) is 45.3 Å². The summed E-state index contributed by atoms with van der Waals surface area (Å²) in [5.74, 6) is -1.67. The number of urea groups is 1. The molecule has 5 aromatic rings. The van der Waals surface area contributed by atoms with Gasteiger partial charge >= 0.3 is 24.3 Å². The van der Waals surface area contributed by atoms with Crippen LogP contribution in [0.1, 0.15) is 68.7 Å². The van der Waals surface area contributed by atoms with Gasteiger partial charge in [-0.3, -0.25) is 9.59 Å². The highest BCUT2D eigenvalue weighted by molar-refractivity contribution is 5.98. The first-order valence-corrected chi connectivity index (χ1v) is 23.3. The highest BCUT2D eigenvalue weighted by Crippen LogP contribution is 2.44. The fourth-order valence-electron chi connectivity index (χ4n) is 8.05. The summed E-state index contributed by atoms with van der Waals surface area (Å²) in [7, 11) is 3.17. The predicted molar refractivity (Wildman–Crippen MR) is 267 cm³/mol. The van der Waals surface area contributed by atoms with E-state index in [1.807, 2.05) is 117 Å². The van der Waals surface area contributed by atoms with Crippen LogP contribution in [-0.2, 0) is 36.0 Å². The molecule has 6 rings (SSSR count). The molecule has 368 valence electrons. The molecule has 0 aromatic heterocycles. The number of benzene rings is 5. The number of carbonyl (C=O) groups is 6. The number of rotatable bonds is 20. The molecule has 0 bridgehead atoms. The van der Waals surface area contributed by atoms with Crippen LogP contribution in [0.25, 0.3) is 22.3 Å². The number of nitrogens with one attached hydrogen (secondary N) is 4. The number of nitrogens with two attached hydrogens (primary N) is 1. The van der Waals surface area contributed by atoms with Crippen molar-refractivity contribution >= 4 is 41.8 Å². The molecular weight excluding hydrogens is 891 g/mol. The molecular formula is C54H63N7O9. The van der Waals surface area contributed by atoms with Gasteiger partial charge in [-0.2, -0.15) is 0 Å². The van der Waals surface area contributed by atoms with Crippen LogP contribution in [-0.4, -0.2) is 98.3 Å². The number of hydrogen-bond donors (Lipinski definition) is 5. The summed E-state index contributed by atoms with van der Waals surface area (Å²) in [6.07, 6.45) is -1.48. The van der Waals surface area contributed by atoms with Crippen LogP contribution >= 0.6 is 0 Å². The van der Waals surface area contributed by atoms with Crippen molar-refractivity contribution in [1.82, 2.24) is 25.8 Å². The first kappa shape index (κ1) is 51.5. The summed E-state index contributed by atoms with van der Waals surface area (Å²) < 4.78 is 17.1. The normalized spacial score (nSPS) is 12.6. The maximum atomic E-state index is 13.8. The van der Waals surface area contributed by atoms with E-state index in [1.165, 1.54) is 9.80 Å². The van der Waals surface area contributed by atoms with Crippen molar-refractivity contribution in [3.05, 3.63) is 150 Å². The van der Waals surface area contributed by atoms with Crippen LogP contribution in [0.2, 0.25) is 0 Å². The number of alkyl carbamates (subject to hydrolysis) is 1. The molecule has 1 aliphatic carbocycles. The topological polar surface area (TPSA) is 211 Å². The largest absolute Gasteiger partial charge is 0.449 e. The fourth-order valence-corrected chi connectivity index (χ4v) is 8.05. The highest BCUT2D eigenvalue weighted by Gasteiger charge is 2.32. The standard InChI is InChI=1S/C54H63N7O9/c1-35(2)47(59-51(65)68-34-45-43-19-12-10-17-41(43)42-18-11-13-20-44(42)45)49(63)58-46(21-14-30-56-50(55)64)48(62)57-40-28-22-36(23-29-40)33-69-52(66)60(5)31-32-61(6)53(67)70-54(3,4)39-26-24-38(25-27-39)37-15-8-7-9-16-37/h7-13,15-20,22-29,35,45-47H,14,21,30-34H2,1-6H3,(H,57,62)(H,58,63)(H,59,65)(H3,55,56,64)/t46-,47?/m0/s1. The Morgan fingerprint density at radius 3 is 1.84 bits per heavy atom. The van der Waals surface area contributed by atoms with Gasteiger partial charge in [0.05, 0.1) is 0 Å². The minimum atomic E-state index is -1.06. The van der Waals surface area contributed by atoms with Crippen molar-refractivity contribution < 1.29 is 43.0 Å². The molecule has 0 saturated heterocycles. The Balaban J connectivity index is 0.963. The van der Waals surface area contributed by atoms with Gasteiger partial charge in [-0.05, 0) is 89.2 Å². The lowest BCUT2D eigenvalue weighted by Gasteiger charge is -2.29. The number of primary amides is 1. The van der Waals surface area contributed by atoms with Crippen LogP contribution < -0.4 is 27.0 Å². The third kappa shape index (κ3) is 13.9. The average Bonchev–Trinajstić information content (AvgIpc) is 3.67. The molecule has 1 unspecified atom stereocenters. The molecule has 1 aliphatic rings. The van der Waals surface area contributed by atoms with Crippen LogP contribution in [0.4, 0.5) is 24.9 Å². The van der Waals surface area contributed by atoms with E-state index in [4.69, 9.17) is 19.9 Å². The molecule has 0 aliphatic heterocycles. The SMILES string of the molecule is CC(C)C(NC(=O)OCC1c2ccccc2-c2ccccc21)C(=O)N[C@@H](CCCNC(N)=O)C(=O)Nc1ccc(COC(=O)N(C)CCN(C)C(=O)OC(C)(C)c2ccc(-c3ccccc3)cc2)cc1. The first-order valence-electron chi connectivity index (χ1n) is 23.3. The molecule has 6 N–H and O–H groups in total. The van der Waals surface area contributed by atoms with Gasteiger partial charge in [0.1, 0.15) is 30.9 Å². The minimum absolute atomic E-state index is 0.0617. The summed E-state index contributed by atoms with van der Waals surface area (Å²) in [4.78, 5) is 80.7. The number of amides is 7. The molecule has 5 aromatic carbocycles. The number of nitrogens with zero attached hydrogens (tertiary/aromatic N) is 2. The van der Waals surface area contributed by atoms with E-state index in [2.05, 4.69) is 21.3 Å². The van der Waals surface area contributed by atoms with E-state index in [1.54, 1.807) is 52.2 Å². The molecule has 70 heavy (non-hydrogen) atoms. The minimum Gasteiger partial charge on any atom is -0.449 e. The van der Waals surface area contributed by atoms with Crippen LogP contribution in [0, 0.1) is 5.92 Å². The van der Waals surface area contributed by atoms with E-state index < -0.39 is 53.8 Å². The van der Waals surface area contributed by atoms with E-state index >= 15 is 0 Å². The summed E-state index contributed by atoms with van der Waals surface area (Å²) in [6, 6.07) is 37.6. The van der Waals surface area contributed by atoms with E-state index in [0.29, 0.717) is 17.7 Å². The summed E-state index contributed by atoms with van der Waals surface area (Å²) in [5.41, 5.74) is 12.6. The number of ether oxygens (including phenoxy) is 3. The second-order valence-electron chi connectivity index (χ2n) is 18.1. The first-order chi connectivity index (χ1) is 33.5. The van der Waals surface area contributed by atoms with Crippen molar-refractivity contribution in [3.63, 3.8) is 0 Å². The van der Waals surface area contributed by atoms with Gasteiger partial charge in [-0.1, -0.05) is 129 Å². The maximum Gasteiger partial charge on any atom is 0.410 e. The fraction of sp³-hybridized carbons (Fsp3) is 0.333. The zero-order chi connectivity index (χ0) is 50.4. The zero-order valence-electron chi connectivity index (χ0n) is 40.5. The zero-order valence-corrected chi connectivity index (χ0v) is 40.5. The van der Waals surface area contributed by atoms with Crippen molar-refractivity contribution in [2.75, 3.05) is 45.7 Å². The van der Waals surface area contributed by atoms with Crippen molar-refractivity contribution in [3.8, 4) is 22.3 Å². The number of anilines is 1. The summed E-state index contributed by atoms with van der Waals surface area (Å²) in [5, 5.41) is 10.8. The summed E-state index contributed by atoms with van der Waals surface area (Å²) in [6.45, 7) is 7.72. The molecule has 2 atom stereocenters. The molecule has 16 nitrogen and oxygen atoms in total. The van der Waals surface area contributed by atoms with Gasteiger partial charge in [-0.15, -0.1) is 0 Å².